The van der Waals surface area contributed by atoms with Crippen molar-refractivity contribution >= 4 is 29.2 Å². The molecule has 0 aliphatic carbocycles. The highest BCUT2D eigenvalue weighted by atomic mass is 35.5. The molecule has 1 aliphatic heterocycles. The first-order valence-electron chi connectivity index (χ1n) is 9.24. The van der Waals surface area contributed by atoms with Crippen molar-refractivity contribution < 1.29 is 22.9 Å². The Bertz CT molecular complexity index is 912. The summed E-state index contributed by atoms with van der Waals surface area (Å²) in [5.74, 6) is -1.33. The van der Waals surface area contributed by atoms with Crippen LogP contribution in [0.5, 0.6) is 0 Å². The van der Waals surface area contributed by atoms with Gasteiger partial charge in [-0.05, 0) is 36.6 Å². The van der Waals surface area contributed by atoms with Crippen molar-refractivity contribution in [1.82, 2.24) is 0 Å². The zero-order chi connectivity index (χ0) is 21.7. The second-order valence-electron chi connectivity index (χ2n) is 6.94. The summed E-state index contributed by atoms with van der Waals surface area (Å²) in [7, 11) is 0. The van der Waals surface area contributed by atoms with Crippen LogP contribution in [0.4, 0.5) is 24.5 Å². The first kappa shape index (κ1) is 21.9. The van der Waals surface area contributed by atoms with Gasteiger partial charge in [0, 0.05) is 41.5 Å². The molecule has 0 aromatic heterocycles. The zero-order valence-corrected chi connectivity index (χ0v) is 16.6. The van der Waals surface area contributed by atoms with E-state index >= 15 is 0 Å². The summed E-state index contributed by atoms with van der Waals surface area (Å²) in [4.78, 5) is 17.6. The normalized spacial score (nSPS) is 15.5. The van der Waals surface area contributed by atoms with Crippen LogP contribution in [-0.4, -0.2) is 30.4 Å². The molecular formula is C20H19ClF3N3O3. The van der Waals surface area contributed by atoms with Crippen LogP contribution in [0.1, 0.15) is 24.0 Å². The molecule has 3 rings (SSSR count). The number of rotatable bonds is 6. The van der Waals surface area contributed by atoms with Gasteiger partial charge in [-0.3, -0.25) is 10.1 Å². The molecule has 160 valence electrons. The number of nitrogens with zero attached hydrogens (tertiary/aromatic N) is 3. The zero-order valence-electron chi connectivity index (χ0n) is 15.8. The summed E-state index contributed by atoms with van der Waals surface area (Å²) in [6, 6.07) is 11.2. The van der Waals surface area contributed by atoms with Crippen LogP contribution >= 0.6 is 11.6 Å². The molecular weight excluding hydrogens is 423 g/mol. The third-order valence-corrected chi connectivity index (χ3v) is 5.18. The Morgan fingerprint density at radius 1 is 1.20 bits per heavy atom. The summed E-state index contributed by atoms with van der Waals surface area (Å²) in [5.41, 5.74) is 1.69. The number of benzene rings is 2. The standard InChI is InChI=1S/C20H19ClF3N3O3/c21-17-3-1-14(2-4-17)13-30-25-12-15-11-18(27(28)29)5-6-19(15)26-9-7-16(8-10-26)20(22,23)24/h1-6,11-12,16H,7-10,13H2/b25-12+. The highest BCUT2D eigenvalue weighted by molar-refractivity contribution is 6.30. The maximum Gasteiger partial charge on any atom is 0.391 e. The van der Waals surface area contributed by atoms with Crippen molar-refractivity contribution in [1.29, 1.82) is 0 Å². The molecule has 30 heavy (non-hydrogen) atoms. The van der Waals surface area contributed by atoms with Gasteiger partial charge in [0.2, 0.25) is 0 Å². The van der Waals surface area contributed by atoms with Crippen molar-refractivity contribution in [2.75, 3.05) is 18.0 Å². The molecule has 6 nitrogen and oxygen atoms in total. The van der Waals surface area contributed by atoms with E-state index in [9.17, 15) is 23.3 Å². The number of non-ortho nitro benzene ring substituents is 1. The van der Waals surface area contributed by atoms with Crippen LogP contribution in [0.15, 0.2) is 47.6 Å². The fourth-order valence-corrected chi connectivity index (χ4v) is 3.41. The van der Waals surface area contributed by atoms with E-state index in [2.05, 4.69) is 5.16 Å². The quantitative estimate of drug-likeness (QED) is 0.333. The summed E-state index contributed by atoms with van der Waals surface area (Å²) in [6.45, 7) is 0.581. The molecule has 0 atom stereocenters. The van der Waals surface area contributed by atoms with Crippen molar-refractivity contribution in [3.8, 4) is 0 Å². The molecule has 2 aromatic carbocycles. The third kappa shape index (κ3) is 5.63. The topological polar surface area (TPSA) is 68.0 Å². The van der Waals surface area contributed by atoms with Crippen LogP contribution in [0.2, 0.25) is 5.02 Å². The SMILES string of the molecule is O=[N+]([O-])c1ccc(N2CCC(C(F)(F)F)CC2)c(/C=N/OCc2ccc(Cl)cc2)c1. The first-order valence-corrected chi connectivity index (χ1v) is 9.61. The van der Waals surface area contributed by atoms with Gasteiger partial charge in [0.1, 0.15) is 6.61 Å². The van der Waals surface area contributed by atoms with Crippen LogP contribution in [0, 0.1) is 16.0 Å². The van der Waals surface area contributed by atoms with Crippen LogP contribution in [0.25, 0.3) is 0 Å². The largest absolute Gasteiger partial charge is 0.391 e. The number of anilines is 1. The van der Waals surface area contributed by atoms with E-state index in [1.807, 2.05) is 0 Å². The lowest BCUT2D eigenvalue weighted by molar-refractivity contribution is -0.384. The van der Waals surface area contributed by atoms with Crippen molar-refractivity contribution in [2.24, 2.45) is 11.1 Å². The second-order valence-corrected chi connectivity index (χ2v) is 7.37. The van der Waals surface area contributed by atoms with Gasteiger partial charge in [-0.15, -0.1) is 0 Å². The second kappa shape index (κ2) is 9.34. The maximum atomic E-state index is 12.9. The molecule has 2 aromatic rings. The van der Waals surface area contributed by atoms with Crippen molar-refractivity contribution in [3.05, 3.63) is 68.7 Å². The van der Waals surface area contributed by atoms with E-state index < -0.39 is 17.0 Å². The van der Waals surface area contributed by atoms with E-state index in [0.29, 0.717) is 16.3 Å². The molecule has 1 fully saturated rings. The monoisotopic (exact) mass is 441 g/mol. The van der Waals surface area contributed by atoms with E-state index in [4.69, 9.17) is 16.4 Å². The Morgan fingerprint density at radius 3 is 2.47 bits per heavy atom. The number of nitro groups is 1. The van der Waals surface area contributed by atoms with Crippen LogP contribution in [-0.2, 0) is 11.4 Å². The lowest BCUT2D eigenvalue weighted by Gasteiger charge is -2.35. The number of oxime groups is 1. The van der Waals surface area contributed by atoms with Gasteiger partial charge in [0.05, 0.1) is 17.1 Å². The highest BCUT2D eigenvalue weighted by Crippen LogP contribution is 2.36. The molecule has 0 saturated carbocycles. The molecule has 0 unspecified atom stereocenters. The number of halogens is 4. The van der Waals surface area contributed by atoms with Crippen molar-refractivity contribution in [2.45, 2.75) is 25.6 Å². The average molecular weight is 442 g/mol. The van der Waals surface area contributed by atoms with Gasteiger partial charge in [-0.2, -0.15) is 13.2 Å². The van der Waals surface area contributed by atoms with E-state index in [0.717, 1.165) is 5.56 Å². The van der Waals surface area contributed by atoms with Gasteiger partial charge < -0.3 is 9.74 Å². The molecule has 1 heterocycles. The van der Waals surface area contributed by atoms with Crippen LogP contribution in [0.3, 0.4) is 0 Å². The molecule has 1 aliphatic rings. The average Bonchev–Trinajstić information content (AvgIpc) is 2.72. The fourth-order valence-electron chi connectivity index (χ4n) is 3.28. The number of hydrogen-bond acceptors (Lipinski definition) is 5. The predicted molar refractivity (Wildman–Crippen MR) is 108 cm³/mol. The van der Waals surface area contributed by atoms with Gasteiger partial charge in [-0.1, -0.05) is 28.9 Å². The summed E-state index contributed by atoms with van der Waals surface area (Å²) in [5, 5.41) is 15.6. The molecule has 0 bridgehead atoms. The Balaban J connectivity index is 1.72. The number of piperidine rings is 1. The summed E-state index contributed by atoms with van der Waals surface area (Å²) < 4.78 is 38.8. The molecule has 0 radical (unpaired) electrons. The van der Waals surface area contributed by atoms with Crippen LogP contribution < -0.4 is 4.90 Å². The maximum absolute atomic E-state index is 12.9. The van der Waals surface area contributed by atoms with Gasteiger partial charge >= 0.3 is 6.18 Å². The summed E-state index contributed by atoms with van der Waals surface area (Å²) >= 11 is 5.83. The molecule has 0 N–H and O–H groups in total. The predicted octanol–water partition coefficient (Wildman–Crippen LogP) is 5.58. The van der Waals surface area contributed by atoms with E-state index in [1.54, 1.807) is 29.2 Å². The number of alkyl halides is 3. The molecule has 1 saturated heterocycles. The minimum Gasteiger partial charge on any atom is -0.391 e. The van der Waals surface area contributed by atoms with E-state index in [1.165, 1.54) is 24.4 Å². The van der Waals surface area contributed by atoms with Gasteiger partial charge in [0.15, 0.2) is 0 Å². The minimum absolute atomic E-state index is 0.0237. The Kier molecular flexibility index (Phi) is 6.81. The molecule has 0 amide bonds. The molecule has 10 heteroatoms. The minimum atomic E-state index is -4.21. The molecule has 0 spiro atoms. The van der Waals surface area contributed by atoms with Gasteiger partial charge in [-0.25, -0.2) is 0 Å². The number of nitro benzene ring substituents is 1. The summed E-state index contributed by atoms with van der Waals surface area (Å²) in [6.07, 6.45) is -2.91. The lowest BCUT2D eigenvalue weighted by atomic mass is 9.95. The smallest absolute Gasteiger partial charge is 0.391 e. The third-order valence-electron chi connectivity index (χ3n) is 4.93. The fraction of sp³-hybridized carbons (Fsp3) is 0.350. The number of hydrogen-bond donors (Lipinski definition) is 0. The van der Waals surface area contributed by atoms with E-state index in [-0.39, 0.29) is 38.2 Å². The first-order chi connectivity index (χ1) is 14.2. The lowest BCUT2D eigenvalue weighted by Crippen LogP contribution is -2.39. The van der Waals surface area contributed by atoms with Gasteiger partial charge in [0.25, 0.3) is 5.69 Å². The Hall–Kier alpha value is -2.81. The Labute approximate surface area is 176 Å². The Morgan fingerprint density at radius 2 is 1.87 bits per heavy atom. The highest BCUT2D eigenvalue weighted by Gasteiger charge is 2.41. The van der Waals surface area contributed by atoms with Crippen molar-refractivity contribution in [3.63, 3.8) is 0 Å².